The second-order valence-electron chi connectivity index (χ2n) is 4.72. The molecule has 3 N–H and O–H groups in total. The van der Waals surface area contributed by atoms with Gasteiger partial charge in [0, 0.05) is 29.4 Å². The standard InChI is InChI=1S/C17H15N3O/c18-11-14-10-13(8-9-19-14)17(21)20-16-7-3-5-12-4-1-2-6-15(12)16/h1-10H,11,18H2,(H,20,21). The summed E-state index contributed by atoms with van der Waals surface area (Å²) < 4.78 is 0. The van der Waals surface area contributed by atoms with Crippen molar-refractivity contribution >= 4 is 22.4 Å². The van der Waals surface area contributed by atoms with Crippen LogP contribution in [0.5, 0.6) is 0 Å². The third kappa shape index (κ3) is 2.75. The summed E-state index contributed by atoms with van der Waals surface area (Å²) in [4.78, 5) is 16.4. The van der Waals surface area contributed by atoms with Crippen molar-refractivity contribution in [2.45, 2.75) is 6.54 Å². The number of benzene rings is 2. The molecule has 21 heavy (non-hydrogen) atoms. The van der Waals surface area contributed by atoms with Crippen LogP contribution in [0.1, 0.15) is 16.1 Å². The van der Waals surface area contributed by atoms with Gasteiger partial charge in [-0.25, -0.2) is 0 Å². The van der Waals surface area contributed by atoms with E-state index in [4.69, 9.17) is 5.73 Å². The van der Waals surface area contributed by atoms with Crippen LogP contribution >= 0.6 is 0 Å². The summed E-state index contributed by atoms with van der Waals surface area (Å²) in [7, 11) is 0. The molecule has 1 aromatic heterocycles. The first-order valence-corrected chi connectivity index (χ1v) is 6.72. The van der Waals surface area contributed by atoms with Crippen molar-refractivity contribution in [3.8, 4) is 0 Å². The molecule has 0 saturated heterocycles. The Hall–Kier alpha value is -2.72. The molecule has 2 aromatic carbocycles. The Labute approximate surface area is 122 Å². The van der Waals surface area contributed by atoms with Crippen LogP contribution in [-0.4, -0.2) is 10.9 Å². The molecule has 0 aliphatic carbocycles. The Kier molecular flexibility index (Phi) is 3.62. The minimum Gasteiger partial charge on any atom is -0.325 e. The smallest absolute Gasteiger partial charge is 0.255 e. The van der Waals surface area contributed by atoms with Gasteiger partial charge in [0.15, 0.2) is 0 Å². The van der Waals surface area contributed by atoms with Gasteiger partial charge in [-0.3, -0.25) is 9.78 Å². The minimum atomic E-state index is -0.163. The first-order valence-electron chi connectivity index (χ1n) is 6.72. The van der Waals surface area contributed by atoms with Crippen LogP contribution in [0.2, 0.25) is 0 Å². The summed E-state index contributed by atoms with van der Waals surface area (Å²) in [6, 6.07) is 17.2. The number of aromatic nitrogens is 1. The van der Waals surface area contributed by atoms with Crippen LogP contribution in [0.15, 0.2) is 60.8 Å². The highest BCUT2D eigenvalue weighted by molar-refractivity contribution is 6.09. The minimum absolute atomic E-state index is 0.163. The Morgan fingerprint density at radius 3 is 2.76 bits per heavy atom. The average Bonchev–Trinajstić information content (AvgIpc) is 2.55. The molecule has 0 aliphatic heterocycles. The zero-order valence-corrected chi connectivity index (χ0v) is 11.4. The Bertz CT molecular complexity index is 793. The van der Waals surface area contributed by atoms with Crippen molar-refractivity contribution in [1.29, 1.82) is 0 Å². The lowest BCUT2D eigenvalue weighted by atomic mass is 10.1. The van der Waals surface area contributed by atoms with Gasteiger partial charge in [-0.1, -0.05) is 36.4 Å². The van der Waals surface area contributed by atoms with Crippen molar-refractivity contribution in [1.82, 2.24) is 4.98 Å². The molecule has 4 heteroatoms. The van der Waals surface area contributed by atoms with Crippen LogP contribution in [0.4, 0.5) is 5.69 Å². The maximum absolute atomic E-state index is 12.3. The highest BCUT2D eigenvalue weighted by Gasteiger charge is 2.09. The van der Waals surface area contributed by atoms with E-state index in [0.29, 0.717) is 17.8 Å². The van der Waals surface area contributed by atoms with Gasteiger partial charge in [0.2, 0.25) is 0 Å². The number of fused-ring (bicyclic) bond motifs is 1. The number of rotatable bonds is 3. The first kappa shape index (κ1) is 13.3. The molecule has 0 saturated carbocycles. The number of hydrogen-bond donors (Lipinski definition) is 2. The number of nitrogens with one attached hydrogen (secondary N) is 1. The van der Waals surface area contributed by atoms with E-state index in [1.54, 1.807) is 18.3 Å². The molecule has 0 fully saturated rings. The van der Waals surface area contributed by atoms with Gasteiger partial charge in [-0.05, 0) is 23.6 Å². The summed E-state index contributed by atoms with van der Waals surface area (Å²) >= 11 is 0. The van der Waals surface area contributed by atoms with Crippen molar-refractivity contribution in [3.63, 3.8) is 0 Å². The molecule has 3 rings (SSSR count). The van der Waals surface area contributed by atoms with Crippen LogP contribution < -0.4 is 11.1 Å². The van der Waals surface area contributed by atoms with Crippen LogP contribution in [0.25, 0.3) is 10.8 Å². The molecule has 1 heterocycles. The van der Waals surface area contributed by atoms with Crippen LogP contribution in [0, 0.1) is 0 Å². The topological polar surface area (TPSA) is 68.0 Å². The number of nitrogens with zero attached hydrogens (tertiary/aromatic N) is 1. The maximum Gasteiger partial charge on any atom is 0.255 e. The maximum atomic E-state index is 12.3. The second-order valence-corrected chi connectivity index (χ2v) is 4.72. The summed E-state index contributed by atoms with van der Waals surface area (Å²) in [5, 5.41) is 5.05. The lowest BCUT2D eigenvalue weighted by Gasteiger charge is -2.09. The summed E-state index contributed by atoms with van der Waals surface area (Å²) in [6.07, 6.45) is 1.60. The zero-order chi connectivity index (χ0) is 14.7. The van der Waals surface area contributed by atoms with Gasteiger partial charge in [0.1, 0.15) is 0 Å². The number of hydrogen-bond acceptors (Lipinski definition) is 3. The molecule has 0 spiro atoms. The molecule has 104 valence electrons. The number of nitrogens with two attached hydrogens (primary N) is 1. The number of carbonyl (C=O) groups is 1. The lowest BCUT2D eigenvalue weighted by Crippen LogP contribution is -2.13. The van der Waals surface area contributed by atoms with E-state index in [2.05, 4.69) is 10.3 Å². The molecule has 1 amide bonds. The SMILES string of the molecule is NCc1cc(C(=O)Nc2cccc3ccccc23)ccn1. The van der Waals surface area contributed by atoms with Gasteiger partial charge in [-0.2, -0.15) is 0 Å². The predicted molar refractivity (Wildman–Crippen MR) is 84.0 cm³/mol. The molecule has 0 unspecified atom stereocenters. The fourth-order valence-corrected chi connectivity index (χ4v) is 2.26. The fourth-order valence-electron chi connectivity index (χ4n) is 2.26. The van der Waals surface area contributed by atoms with E-state index in [-0.39, 0.29) is 5.91 Å². The van der Waals surface area contributed by atoms with E-state index < -0.39 is 0 Å². The molecule has 0 bridgehead atoms. The number of pyridine rings is 1. The van der Waals surface area contributed by atoms with E-state index in [1.807, 2.05) is 42.5 Å². The molecule has 0 aliphatic rings. The van der Waals surface area contributed by atoms with Crippen molar-refractivity contribution in [3.05, 3.63) is 72.1 Å². The normalized spacial score (nSPS) is 10.5. The molecule has 4 nitrogen and oxygen atoms in total. The Morgan fingerprint density at radius 2 is 1.90 bits per heavy atom. The average molecular weight is 277 g/mol. The summed E-state index contributed by atoms with van der Waals surface area (Å²) in [5.41, 5.74) is 7.60. The van der Waals surface area contributed by atoms with E-state index >= 15 is 0 Å². The molecular weight excluding hydrogens is 262 g/mol. The number of amides is 1. The van der Waals surface area contributed by atoms with Gasteiger partial charge in [0.25, 0.3) is 5.91 Å². The largest absolute Gasteiger partial charge is 0.325 e. The fraction of sp³-hybridized carbons (Fsp3) is 0.0588. The first-order chi connectivity index (χ1) is 10.3. The highest BCUT2D eigenvalue weighted by atomic mass is 16.1. The predicted octanol–water partition coefficient (Wildman–Crippen LogP) is 2.95. The van der Waals surface area contributed by atoms with Crippen molar-refractivity contribution < 1.29 is 4.79 Å². The van der Waals surface area contributed by atoms with E-state index in [1.165, 1.54) is 0 Å². The summed E-state index contributed by atoms with van der Waals surface area (Å²) in [5.74, 6) is -0.163. The van der Waals surface area contributed by atoms with Crippen LogP contribution in [-0.2, 0) is 6.54 Å². The second kappa shape index (κ2) is 5.73. The monoisotopic (exact) mass is 277 g/mol. The van der Waals surface area contributed by atoms with E-state index in [0.717, 1.165) is 16.5 Å². The van der Waals surface area contributed by atoms with Crippen molar-refractivity contribution in [2.24, 2.45) is 5.73 Å². The zero-order valence-electron chi connectivity index (χ0n) is 11.4. The summed E-state index contributed by atoms with van der Waals surface area (Å²) in [6.45, 7) is 0.315. The molecular formula is C17H15N3O. The Morgan fingerprint density at radius 1 is 1.10 bits per heavy atom. The quantitative estimate of drug-likeness (QED) is 0.773. The van der Waals surface area contributed by atoms with Gasteiger partial charge in [0.05, 0.1) is 5.69 Å². The van der Waals surface area contributed by atoms with Crippen molar-refractivity contribution in [2.75, 3.05) is 5.32 Å². The Balaban J connectivity index is 1.93. The van der Waals surface area contributed by atoms with Crippen LogP contribution in [0.3, 0.4) is 0 Å². The van der Waals surface area contributed by atoms with Gasteiger partial charge in [-0.15, -0.1) is 0 Å². The number of carbonyl (C=O) groups excluding carboxylic acids is 1. The molecule has 3 aromatic rings. The lowest BCUT2D eigenvalue weighted by molar-refractivity contribution is 0.102. The third-order valence-corrected chi connectivity index (χ3v) is 3.33. The van der Waals surface area contributed by atoms with E-state index in [9.17, 15) is 4.79 Å². The molecule has 0 radical (unpaired) electrons. The number of anilines is 1. The van der Waals surface area contributed by atoms with Gasteiger partial charge >= 0.3 is 0 Å². The third-order valence-electron chi connectivity index (χ3n) is 3.33. The van der Waals surface area contributed by atoms with Gasteiger partial charge < -0.3 is 11.1 Å². The highest BCUT2D eigenvalue weighted by Crippen LogP contribution is 2.23. The molecule has 0 atom stereocenters.